The van der Waals surface area contributed by atoms with Crippen LogP contribution in [-0.2, 0) is 23.1 Å². The van der Waals surface area contributed by atoms with Crippen LogP contribution in [0.25, 0.3) is 0 Å². The number of aryl methyl sites for hydroxylation is 1. The summed E-state index contributed by atoms with van der Waals surface area (Å²) in [6.07, 6.45) is 0. The molecule has 0 fully saturated rings. The second-order valence-electron chi connectivity index (χ2n) is 4.33. The Morgan fingerprint density at radius 1 is 1.45 bits per heavy atom. The first-order valence-electron chi connectivity index (χ1n) is 5.84. The molecule has 20 heavy (non-hydrogen) atoms. The molecule has 0 aliphatic heterocycles. The molecule has 0 bridgehead atoms. The summed E-state index contributed by atoms with van der Waals surface area (Å²) in [6, 6.07) is 5.19. The monoisotopic (exact) mass is 378 g/mol. The average molecular weight is 379 g/mol. The largest absolute Gasteiger partial charge is 0.465 e. The lowest BCUT2D eigenvalue weighted by molar-refractivity contribution is 0.397. The zero-order valence-electron chi connectivity index (χ0n) is 11.1. The van der Waals surface area contributed by atoms with Crippen LogP contribution in [0.3, 0.4) is 0 Å². The van der Waals surface area contributed by atoms with E-state index >= 15 is 0 Å². The minimum absolute atomic E-state index is 0.191. The van der Waals surface area contributed by atoms with Crippen molar-refractivity contribution in [1.82, 2.24) is 4.31 Å². The molecule has 2 N–H and O–H groups in total. The van der Waals surface area contributed by atoms with Crippen LogP contribution in [0.2, 0.25) is 0 Å². The number of hydrogen-bond acceptors (Lipinski definition) is 5. The van der Waals surface area contributed by atoms with Gasteiger partial charge in [-0.3, -0.25) is 0 Å². The SMILES string of the molecule is Cc1ccc(CN(C)S(=O)(=O)c2cc(CN)sc2Br)o1. The van der Waals surface area contributed by atoms with E-state index in [-0.39, 0.29) is 11.4 Å². The molecule has 0 aromatic carbocycles. The minimum Gasteiger partial charge on any atom is -0.465 e. The van der Waals surface area contributed by atoms with E-state index in [9.17, 15) is 8.42 Å². The Morgan fingerprint density at radius 3 is 2.65 bits per heavy atom. The summed E-state index contributed by atoms with van der Waals surface area (Å²) in [5.74, 6) is 1.37. The fourth-order valence-electron chi connectivity index (χ4n) is 1.72. The van der Waals surface area contributed by atoms with Gasteiger partial charge in [0.05, 0.1) is 10.3 Å². The molecular weight excluding hydrogens is 364 g/mol. The smallest absolute Gasteiger partial charge is 0.245 e. The van der Waals surface area contributed by atoms with Gasteiger partial charge in [0.15, 0.2) is 0 Å². The Hall–Kier alpha value is -0.670. The van der Waals surface area contributed by atoms with Crippen LogP contribution in [-0.4, -0.2) is 19.8 Å². The second kappa shape index (κ2) is 5.98. The highest BCUT2D eigenvalue weighted by molar-refractivity contribution is 9.11. The van der Waals surface area contributed by atoms with Crippen molar-refractivity contribution in [2.45, 2.75) is 24.9 Å². The molecule has 0 atom stereocenters. The van der Waals surface area contributed by atoms with Crippen molar-refractivity contribution < 1.29 is 12.8 Å². The van der Waals surface area contributed by atoms with Crippen molar-refractivity contribution in [3.05, 3.63) is 38.4 Å². The van der Waals surface area contributed by atoms with E-state index in [1.54, 1.807) is 12.1 Å². The molecule has 2 rings (SSSR count). The Labute approximate surface area is 130 Å². The van der Waals surface area contributed by atoms with Crippen LogP contribution in [0.1, 0.15) is 16.4 Å². The molecule has 110 valence electrons. The van der Waals surface area contributed by atoms with Gasteiger partial charge < -0.3 is 10.2 Å². The van der Waals surface area contributed by atoms with Gasteiger partial charge in [-0.1, -0.05) is 0 Å². The standard InChI is InChI=1S/C12H15BrN2O3S2/c1-8-3-4-9(18-8)7-15(2)20(16,17)11-5-10(6-14)19-12(11)13/h3-5H,6-7,14H2,1-2H3. The summed E-state index contributed by atoms with van der Waals surface area (Å²) in [6.45, 7) is 2.33. The first-order valence-corrected chi connectivity index (χ1v) is 8.89. The molecule has 8 heteroatoms. The maximum Gasteiger partial charge on any atom is 0.245 e. The molecule has 2 heterocycles. The first kappa shape index (κ1) is 15.7. The zero-order chi connectivity index (χ0) is 14.9. The van der Waals surface area contributed by atoms with Crippen LogP contribution >= 0.6 is 27.3 Å². The van der Waals surface area contributed by atoms with Crippen molar-refractivity contribution >= 4 is 37.3 Å². The van der Waals surface area contributed by atoms with Crippen LogP contribution in [0, 0.1) is 6.92 Å². The number of furan rings is 1. The van der Waals surface area contributed by atoms with Gasteiger partial charge in [-0.25, -0.2) is 8.42 Å². The fourth-order valence-corrected chi connectivity index (χ4v) is 5.36. The van der Waals surface area contributed by atoms with Crippen molar-refractivity contribution in [3.8, 4) is 0 Å². The van der Waals surface area contributed by atoms with Gasteiger partial charge in [0.2, 0.25) is 10.0 Å². The number of thiophene rings is 1. The molecule has 0 amide bonds. The Balaban J connectivity index is 2.26. The van der Waals surface area contributed by atoms with Crippen LogP contribution in [0.4, 0.5) is 0 Å². The van der Waals surface area contributed by atoms with Gasteiger partial charge in [0, 0.05) is 18.5 Å². The molecule has 0 saturated carbocycles. The molecule has 0 spiro atoms. The molecule has 0 unspecified atom stereocenters. The lowest BCUT2D eigenvalue weighted by Gasteiger charge is -2.15. The predicted octanol–water partition coefficient (Wildman–Crippen LogP) is 2.69. The van der Waals surface area contributed by atoms with Crippen LogP contribution in [0.5, 0.6) is 0 Å². The minimum atomic E-state index is -3.57. The molecule has 0 aliphatic carbocycles. The third-order valence-electron chi connectivity index (χ3n) is 2.77. The highest BCUT2D eigenvalue weighted by Crippen LogP contribution is 2.33. The van der Waals surface area contributed by atoms with Crippen molar-refractivity contribution in [3.63, 3.8) is 0 Å². The number of nitrogens with zero attached hydrogens (tertiary/aromatic N) is 1. The number of rotatable bonds is 5. The number of nitrogens with two attached hydrogens (primary N) is 1. The second-order valence-corrected chi connectivity index (χ2v) is 8.80. The maximum atomic E-state index is 12.5. The number of sulfonamides is 1. The summed E-state index contributed by atoms with van der Waals surface area (Å²) < 4.78 is 32.3. The molecular formula is C12H15BrN2O3S2. The topological polar surface area (TPSA) is 76.5 Å². The Bertz CT molecular complexity index is 706. The third kappa shape index (κ3) is 3.15. The van der Waals surface area contributed by atoms with Gasteiger partial charge in [-0.05, 0) is 41.1 Å². The third-order valence-corrected chi connectivity index (χ3v) is 6.85. The molecule has 5 nitrogen and oxygen atoms in total. The van der Waals surface area contributed by atoms with Crippen LogP contribution < -0.4 is 5.73 Å². The van der Waals surface area contributed by atoms with E-state index in [1.807, 2.05) is 13.0 Å². The van der Waals surface area contributed by atoms with Crippen molar-refractivity contribution in [1.29, 1.82) is 0 Å². The van der Waals surface area contributed by atoms with Crippen LogP contribution in [0.15, 0.2) is 31.3 Å². The van der Waals surface area contributed by atoms with E-state index in [4.69, 9.17) is 10.2 Å². The number of halogens is 1. The summed E-state index contributed by atoms with van der Waals surface area (Å²) in [5.41, 5.74) is 5.54. The normalized spacial score (nSPS) is 12.2. The predicted molar refractivity (Wildman–Crippen MR) is 82.0 cm³/mol. The molecule has 2 aromatic heterocycles. The van der Waals surface area contributed by atoms with E-state index in [2.05, 4.69) is 15.9 Å². The van der Waals surface area contributed by atoms with Gasteiger partial charge in [0.1, 0.15) is 16.4 Å². The van der Waals surface area contributed by atoms with E-state index in [1.165, 1.54) is 22.7 Å². The lowest BCUT2D eigenvalue weighted by Crippen LogP contribution is -2.26. The lowest BCUT2D eigenvalue weighted by atomic mass is 10.4. The summed E-state index contributed by atoms with van der Waals surface area (Å²) in [5, 5.41) is 0. The molecule has 0 radical (unpaired) electrons. The van der Waals surface area contributed by atoms with Gasteiger partial charge >= 0.3 is 0 Å². The highest BCUT2D eigenvalue weighted by Gasteiger charge is 2.26. The Morgan fingerprint density at radius 2 is 2.15 bits per heavy atom. The fraction of sp³-hybridized carbons (Fsp3) is 0.333. The van der Waals surface area contributed by atoms with Crippen molar-refractivity contribution in [2.24, 2.45) is 5.73 Å². The van der Waals surface area contributed by atoms with Crippen molar-refractivity contribution in [2.75, 3.05) is 7.05 Å². The summed E-state index contributed by atoms with van der Waals surface area (Å²) in [7, 11) is -2.04. The quantitative estimate of drug-likeness (QED) is 0.867. The zero-order valence-corrected chi connectivity index (χ0v) is 14.3. The van der Waals surface area contributed by atoms with Gasteiger partial charge in [-0.2, -0.15) is 4.31 Å². The van der Waals surface area contributed by atoms with Gasteiger partial charge in [-0.15, -0.1) is 11.3 Å². The van der Waals surface area contributed by atoms with E-state index in [0.717, 1.165) is 10.6 Å². The summed E-state index contributed by atoms with van der Waals surface area (Å²) in [4.78, 5) is 1.06. The highest BCUT2D eigenvalue weighted by atomic mass is 79.9. The molecule has 0 aliphatic rings. The Kier molecular flexibility index (Phi) is 4.70. The average Bonchev–Trinajstić information content (AvgIpc) is 2.95. The molecule has 2 aromatic rings. The first-order chi connectivity index (χ1) is 9.34. The maximum absolute atomic E-state index is 12.5. The van der Waals surface area contributed by atoms with E-state index in [0.29, 0.717) is 16.1 Å². The number of hydrogen-bond donors (Lipinski definition) is 1. The molecule has 0 saturated heterocycles. The van der Waals surface area contributed by atoms with Gasteiger partial charge in [0.25, 0.3) is 0 Å². The summed E-state index contributed by atoms with van der Waals surface area (Å²) >= 11 is 4.62. The van der Waals surface area contributed by atoms with E-state index < -0.39 is 10.0 Å².